The molecule has 0 aliphatic carbocycles. The van der Waals surface area contributed by atoms with Crippen LogP contribution in [0.25, 0.3) is 16.6 Å². The van der Waals surface area contributed by atoms with E-state index in [1.807, 2.05) is 47.2 Å². The molecule has 124 valence electrons. The molecule has 0 unspecified atom stereocenters. The van der Waals surface area contributed by atoms with Gasteiger partial charge in [-0.2, -0.15) is 0 Å². The number of aryl methyl sites for hydroxylation is 2. The molecule has 0 aliphatic heterocycles. The SMILES string of the molecule is Cc1ccc2[nH]c(C(=O)Nc3ccc(-n4ccnc4)cc3)cc2c1C. The normalized spacial score (nSPS) is 11.0. The molecule has 5 heteroatoms. The van der Waals surface area contributed by atoms with Gasteiger partial charge in [-0.15, -0.1) is 0 Å². The molecule has 0 aliphatic rings. The van der Waals surface area contributed by atoms with Crippen molar-refractivity contribution in [2.24, 2.45) is 0 Å². The number of carbonyl (C=O) groups excluding carboxylic acids is 1. The summed E-state index contributed by atoms with van der Waals surface area (Å²) in [6, 6.07) is 13.6. The van der Waals surface area contributed by atoms with Gasteiger partial charge in [0, 0.05) is 34.7 Å². The van der Waals surface area contributed by atoms with E-state index in [0.29, 0.717) is 5.69 Å². The van der Waals surface area contributed by atoms with Crippen molar-refractivity contribution in [2.45, 2.75) is 13.8 Å². The Hall–Kier alpha value is -3.34. The van der Waals surface area contributed by atoms with Gasteiger partial charge in [-0.3, -0.25) is 4.79 Å². The monoisotopic (exact) mass is 330 g/mol. The lowest BCUT2D eigenvalue weighted by Gasteiger charge is -2.06. The highest BCUT2D eigenvalue weighted by Gasteiger charge is 2.12. The quantitative estimate of drug-likeness (QED) is 0.591. The summed E-state index contributed by atoms with van der Waals surface area (Å²) in [4.78, 5) is 19.8. The molecular formula is C20H18N4O. The second-order valence-corrected chi connectivity index (χ2v) is 6.12. The number of amides is 1. The molecule has 1 amide bonds. The molecule has 0 radical (unpaired) electrons. The Labute approximate surface area is 145 Å². The molecule has 0 fully saturated rings. The van der Waals surface area contributed by atoms with E-state index in [4.69, 9.17) is 0 Å². The number of hydrogen-bond acceptors (Lipinski definition) is 2. The summed E-state index contributed by atoms with van der Waals surface area (Å²) < 4.78 is 1.91. The van der Waals surface area contributed by atoms with Gasteiger partial charge in [-0.25, -0.2) is 4.98 Å². The molecule has 0 spiro atoms. The fourth-order valence-corrected chi connectivity index (χ4v) is 2.91. The van der Waals surface area contributed by atoms with Crippen LogP contribution in [0.2, 0.25) is 0 Å². The second-order valence-electron chi connectivity index (χ2n) is 6.12. The summed E-state index contributed by atoms with van der Waals surface area (Å²) in [5, 5.41) is 4.01. The first kappa shape index (κ1) is 15.2. The number of benzene rings is 2. The van der Waals surface area contributed by atoms with E-state index in [9.17, 15) is 4.79 Å². The Morgan fingerprint density at radius 2 is 1.92 bits per heavy atom. The van der Waals surface area contributed by atoms with E-state index in [1.165, 1.54) is 11.1 Å². The first-order chi connectivity index (χ1) is 12.1. The number of nitrogens with one attached hydrogen (secondary N) is 2. The molecule has 4 rings (SSSR count). The topological polar surface area (TPSA) is 62.7 Å². The smallest absolute Gasteiger partial charge is 0.272 e. The Balaban J connectivity index is 1.56. The number of rotatable bonds is 3. The van der Waals surface area contributed by atoms with Crippen LogP contribution >= 0.6 is 0 Å². The Morgan fingerprint density at radius 3 is 2.64 bits per heavy atom. The number of H-pyrrole nitrogens is 1. The summed E-state index contributed by atoms with van der Waals surface area (Å²) in [5.41, 5.74) is 5.68. The van der Waals surface area contributed by atoms with Gasteiger partial charge in [-0.1, -0.05) is 6.07 Å². The van der Waals surface area contributed by atoms with Gasteiger partial charge in [0.15, 0.2) is 0 Å². The van der Waals surface area contributed by atoms with Gasteiger partial charge in [-0.05, 0) is 61.4 Å². The van der Waals surface area contributed by atoms with E-state index >= 15 is 0 Å². The van der Waals surface area contributed by atoms with Crippen molar-refractivity contribution in [1.29, 1.82) is 0 Å². The molecule has 2 heterocycles. The standard InChI is InChI=1S/C20H18N4O/c1-13-3-8-18-17(14(13)2)11-19(23-18)20(25)22-15-4-6-16(7-5-15)24-10-9-21-12-24/h3-12,23H,1-2H3,(H,22,25). The first-order valence-electron chi connectivity index (χ1n) is 8.10. The fourth-order valence-electron chi connectivity index (χ4n) is 2.91. The average molecular weight is 330 g/mol. The molecule has 2 aromatic heterocycles. The molecule has 0 saturated heterocycles. The van der Waals surface area contributed by atoms with Crippen molar-refractivity contribution in [3.05, 3.63) is 78.0 Å². The third kappa shape index (κ3) is 2.80. The minimum atomic E-state index is -0.149. The van der Waals surface area contributed by atoms with Gasteiger partial charge in [0.25, 0.3) is 5.91 Å². The number of anilines is 1. The highest BCUT2D eigenvalue weighted by molar-refractivity contribution is 6.06. The maximum atomic E-state index is 12.5. The third-order valence-electron chi connectivity index (χ3n) is 4.52. The van der Waals surface area contributed by atoms with Crippen LogP contribution in [0.5, 0.6) is 0 Å². The van der Waals surface area contributed by atoms with Crippen LogP contribution in [0.15, 0.2) is 61.2 Å². The number of nitrogens with zero attached hydrogens (tertiary/aromatic N) is 2. The molecule has 2 aromatic carbocycles. The van der Waals surface area contributed by atoms with E-state index in [0.717, 1.165) is 22.3 Å². The molecule has 25 heavy (non-hydrogen) atoms. The van der Waals surface area contributed by atoms with Crippen LogP contribution < -0.4 is 5.32 Å². The molecule has 2 N–H and O–H groups in total. The van der Waals surface area contributed by atoms with E-state index < -0.39 is 0 Å². The van der Waals surface area contributed by atoms with Crippen LogP contribution in [0, 0.1) is 13.8 Å². The van der Waals surface area contributed by atoms with Crippen LogP contribution in [0.1, 0.15) is 21.6 Å². The Kier molecular flexibility index (Phi) is 3.61. The van der Waals surface area contributed by atoms with E-state index in [1.54, 1.807) is 12.5 Å². The highest BCUT2D eigenvalue weighted by Crippen LogP contribution is 2.23. The summed E-state index contributed by atoms with van der Waals surface area (Å²) in [7, 11) is 0. The lowest BCUT2D eigenvalue weighted by Crippen LogP contribution is -2.12. The largest absolute Gasteiger partial charge is 0.351 e. The number of imidazole rings is 1. The molecule has 5 nitrogen and oxygen atoms in total. The molecule has 0 bridgehead atoms. The van der Waals surface area contributed by atoms with Crippen LogP contribution in [-0.2, 0) is 0 Å². The minimum Gasteiger partial charge on any atom is -0.351 e. The molecule has 0 atom stereocenters. The second kappa shape index (κ2) is 5.94. The Bertz CT molecular complexity index is 1040. The number of aromatic nitrogens is 3. The summed E-state index contributed by atoms with van der Waals surface area (Å²) >= 11 is 0. The fraction of sp³-hybridized carbons (Fsp3) is 0.100. The predicted molar refractivity (Wildman–Crippen MR) is 99.3 cm³/mol. The molecule has 4 aromatic rings. The van der Waals surface area contributed by atoms with Crippen LogP contribution in [0.4, 0.5) is 5.69 Å². The van der Waals surface area contributed by atoms with E-state index in [-0.39, 0.29) is 5.91 Å². The maximum Gasteiger partial charge on any atom is 0.272 e. The van der Waals surface area contributed by atoms with Crippen molar-refractivity contribution < 1.29 is 4.79 Å². The minimum absolute atomic E-state index is 0.149. The highest BCUT2D eigenvalue weighted by atomic mass is 16.1. The van der Waals surface area contributed by atoms with Crippen molar-refractivity contribution in [3.63, 3.8) is 0 Å². The number of carbonyl (C=O) groups is 1. The summed E-state index contributed by atoms with van der Waals surface area (Å²) in [5.74, 6) is -0.149. The van der Waals surface area contributed by atoms with Gasteiger partial charge in [0.05, 0.1) is 6.33 Å². The zero-order valence-electron chi connectivity index (χ0n) is 14.1. The van der Waals surface area contributed by atoms with Crippen molar-refractivity contribution in [3.8, 4) is 5.69 Å². The zero-order valence-corrected chi connectivity index (χ0v) is 14.1. The predicted octanol–water partition coefficient (Wildman–Crippen LogP) is 4.22. The third-order valence-corrected chi connectivity index (χ3v) is 4.52. The maximum absolute atomic E-state index is 12.5. The Morgan fingerprint density at radius 1 is 1.12 bits per heavy atom. The number of hydrogen-bond donors (Lipinski definition) is 2. The van der Waals surface area contributed by atoms with Gasteiger partial charge in [0.2, 0.25) is 0 Å². The van der Waals surface area contributed by atoms with Crippen LogP contribution in [-0.4, -0.2) is 20.4 Å². The molecular weight excluding hydrogens is 312 g/mol. The summed E-state index contributed by atoms with van der Waals surface area (Å²) in [6.45, 7) is 4.14. The van der Waals surface area contributed by atoms with Crippen molar-refractivity contribution in [2.75, 3.05) is 5.32 Å². The summed E-state index contributed by atoms with van der Waals surface area (Å²) in [6.07, 6.45) is 5.35. The number of aromatic amines is 1. The lowest BCUT2D eigenvalue weighted by molar-refractivity contribution is 0.102. The first-order valence-corrected chi connectivity index (χ1v) is 8.10. The van der Waals surface area contributed by atoms with Gasteiger partial charge < -0.3 is 14.9 Å². The van der Waals surface area contributed by atoms with Crippen molar-refractivity contribution >= 4 is 22.5 Å². The van der Waals surface area contributed by atoms with E-state index in [2.05, 4.69) is 35.2 Å². The van der Waals surface area contributed by atoms with Gasteiger partial charge in [0.1, 0.15) is 5.69 Å². The van der Waals surface area contributed by atoms with Crippen LogP contribution in [0.3, 0.4) is 0 Å². The van der Waals surface area contributed by atoms with Crippen molar-refractivity contribution in [1.82, 2.24) is 14.5 Å². The average Bonchev–Trinajstić information content (AvgIpc) is 3.29. The molecule has 0 saturated carbocycles. The zero-order chi connectivity index (χ0) is 17.4. The number of fused-ring (bicyclic) bond motifs is 1. The van der Waals surface area contributed by atoms with Gasteiger partial charge >= 0.3 is 0 Å². The lowest BCUT2D eigenvalue weighted by atomic mass is 10.1.